The third-order valence-corrected chi connectivity index (χ3v) is 2.26. The first-order chi connectivity index (χ1) is 5.70. The normalized spacial score (nSPS) is 10.8. The lowest BCUT2D eigenvalue weighted by molar-refractivity contribution is 0.780. The molecule has 2 N–H and O–H groups in total. The van der Waals surface area contributed by atoms with Gasteiger partial charge in [0.05, 0.1) is 10.9 Å². The molecule has 1 heterocycles. The van der Waals surface area contributed by atoms with Crippen molar-refractivity contribution in [1.82, 2.24) is 9.78 Å². The van der Waals surface area contributed by atoms with Gasteiger partial charge in [0.1, 0.15) is 5.15 Å². The maximum atomic E-state index is 5.97. The van der Waals surface area contributed by atoms with Gasteiger partial charge in [-0.05, 0) is 12.1 Å². The van der Waals surface area contributed by atoms with Gasteiger partial charge in [-0.2, -0.15) is 5.10 Å². The van der Waals surface area contributed by atoms with Crippen LogP contribution in [0.1, 0.15) is 0 Å². The molecular formula is C8H8ClN3. The zero-order valence-corrected chi connectivity index (χ0v) is 7.34. The molecule has 0 aliphatic heterocycles. The average molecular weight is 182 g/mol. The van der Waals surface area contributed by atoms with Gasteiger partial charge in [-0.3, -0.25) is 4.68 Å². The third kappa shape index (κ3) is 0.865. The molecule has 0 radical (unpaired) electrons. The average Bonchev–Trinajstić information content (AvgIpc) is 2.29. The van der Waals surface area contributed by atoms with Crippen LogP contribution in [0.5, 0.6) is 0 Å². The summed E-state index contributed by atoms with van der Waals surface area (Å²) in [4.78, 5) is 0. The Morgan fingerprint density at radius 1 is 1.50 bits per heavy atom. The Morgan fingerprint density at radius 2 is 2.25 bits per heavy atom. The van der Waals surface area contributed by atoms with E-state index in [1.54, 1.807) is 11.7 Å². The van der Waals surface area contributed by atoms with Crippen LogP contribution in [0.25, 0.3) is 10.9 Å². The molecule has 1 aromatic heterocycles. The molecule has 0 bridgehead atoms. The zero-order chi connectivity index (χ0) is 8.72. The molecule has 2 rings (SSSR count). The molecule has 0 fully saturated rings. The number of rotatable bonds is 0. The summed E-state index contributed by atoms with van der Waals surface area (Å²) in [6, 6.07) is 5.56. The van der Waals surface area contributed by atoms with Crippen molar-refractivity contribution >= 4 is 28.2 Å². The fraction of sp³-hybridized carbons (Fsp3) is 0.125. The van der Waals surface area contributed by atoms with E-state index in [1.165, 1.54) is 0 Å². The first-order valence-electron chi connectivity index (χ1n) is 3.57. The molecule has 0 unspecified atom stereocenters. The van der Waals surface area contributed by atoms with E-state index in [0.29, 0.717) is 10.8 Å². The van der Waals surface area contributed by atoms with E-state index in [2.05, 4.69) is 5.10 Å². The van der Waals surface area contributed by atoms with Crippen molar-refractivity contribution in [1.29, 1.82) is 0 Å². The minimum absolute atomic E-state index is 0.586. The molecule has 1 aromatic carbocycles. The lowest BCUT2D eigenvalue weighted by atomic mass is 10.2. The summed E-state index contributed by atoms with van der Waals surface area (Å²) in [6.07, 6.45) is 0. The summed E-state index contributed by atoms with van der Waals surface area (Å²) in [5, 5.41) is 5.60. The summed E-state index contributed by atoms with van der Waals surface area (Å²) in [5.41, 5.74) is 7.24. The lowest BCUT2D eigenvalue weighted by Crippen LogP contribution is -1.88. The van der Waals surface area contributed by atoms with Gasteiger partial charge >= 0.3 is 0 Å². The molecule has 3 nitrogen and oxygen atoms in total. The molecule has 62 valence electrons. The van der Waals surface area contributed by atoms with Gasteiger partial charge in [0.15, 0.2) is 0 Å². The SMILES string of the molecule is Cn1nc2cccc(N)c2c1Cl. The van der Waals surface area contributed by atoms with E-state index in [4.69, 9.17) is 17.3 Å². The van der Waals surface area contributed by atoms with Crippen LogP contribution in [0.4, 0.5) is 5.69 Å². The van der Waals surface area contributed by atoms with Crippen LogP contribution in [0, 0.1) is 0 Å². The van der Waals surface area contributed by atoms with Crippen molar-refractivity contribution < 1.29 is 0 Å². The summed E-state index contributed by atoms with van der Waals surface area (Å²) >= 11 is 5.97. The Labute approximate surface area is 74.7 Å². The second kappa shape index (κ2) is 2.38. The third-order valence-electron chi connectivity index (χ3n) is 1.82. The van der Waals surface area contributed by atoms with Gasteiger partial charge in [-0.25, -0.2) is 0 Å². The maximum absolute atomic E-state index is 5.97. The Morgan fingerprint density at radius 3 is 2.92 bits per heavy atom. The van der Waals surface area contributed by atoms with Gasteiger partial charge in [0.2, 0.25) is 0 Å². The second-order valence-electron chi connectivity index (χ2n) is 2.66. The highest BCUT2D eigenvalue weighted by Crippen LogP contribution is 2.27. The minimum atomic E-state index is 0.586. The van der Waals surface area contributed by atoms with E-state index in [0.717, 1.165) is 10.9 Å². The zero-order valence-electron chi connectivity index (χ0n) is 6.58. The quantitative estimate of drug-likeness (QED) is 0.630. The summed E-state index contributed by atoms with van der Waals surface area (Å²) in [7, 11) is 1.79. The van der Waals surface area contributed by atoms with Crippen molar-refractivity contribution in [2.24, 2.45) is 7.05 Å². The molecule has 0 aliphatic rings. The highest BCUT2D eigenvalue weighted by atomic mass is 35.5. The van der Waals surface area contributed by atoms with Crippen LogP contribution < -0.4 is 5.73 Å². The number of nitrogens with two attached hydrogens (primary N) is 1. The van der Waals surface area contributed by atoms with Crippen LogP contribution in [-0.2, 0) is 7.05 Å². The topological polar surface area (TPSA) is 43.8 Å². The Bertz CT molecular complexity index is 433. The summed E-state index contributed by atoms with van der Waals surface area (Å²) < 4.78 is 1.61. The smallest absolute Gasteiger partial charge is 0.136 e. The highest BCUT2D eigenvalue weighted by Gasteiger charge is 2.07. The van der Waals surface area contributed by atoms with Crippen LogP contribution in [-0.4, -0.2) is 9.78 Å². The fourth-order valence-corrected chi connectivity index (χ4v) is 1.48. The lowest BCUT2D eigenvalue weighted by Gasteiger charge is -1.93. The van der Waals surface area contributed by atoms with E-state index in [1.807, 2.05) is 18.2 Å². The number of aromatic nitrogens is 2. The molecule has 0 aliphatic carbocycles. The number of hydrogen-bond donors (Lipinski definition) is 1. The van der Waals surface area contributed by atoms with Gasteiger partial charge in [0, 0.05) is 12.7 Å². The van der Waals surface area contributed by atoms with Crippen molar-refractivity contribution in [3.8, 4) is 0 Å². The number of aryl methyl sites for hydroxylation is 1. The van der Waals surface area contributed by atoms with Gasteiger partial charge in [-0.15, -0.1) is 0 Å². The predicted molar refractivity (Wildman–Crippen MR) is 50.1 cm³/mol. The Kier molecular flexibility index (Phi) is 1.48. The Balaban J connectivity index is 2.97. The minimum Gasteiger partial charge on any atom is -0.398 e. The molecular weight excluding hydrogens is 174 g/mol. The molecule has 0 saturated carbocycles. The number of nitrogen functional groups attached to an aromatic ring is 1. The van der Waals surface area contributed by atoms with Crippen LogP contribution in [0.15, 0.2) is 18.2 Å². The highest BCUT2D eigenvalue weighted by molar-refractivity contribution is 6.35. The van der Waals surface area contributed by atoms with Crippen molar-refractivity contribution in [2.45, 2.75) is 0 Å². The van der Waals surface area contributed by atoms with E-state index in [-0.39, 0.29) is 0 Å². The van der Waals surface area contributed by atoms with Crippen molar-refractivity contribution in [3.05, 3.63) is 23.4 Å². The van der Waals surface area contributed by atoms with Gasteiger partial charge < -0.3 is 5.73 Å². The Hall–Kier alpha value is -1.22. The number of benzene rings is 1. The first kappa shape index (κ1) is 7.43. The van der Waals surface area contributed by atoms with Crippen LogP contribution in [0.2, 0.25) is 5.15 Å². The standard InChI is InChI=1S/C8H8ClN3/c1-12-8(9)7-5(10)3-2-4-6(7)11-12/h2-4H,10H2,1H3. The number of hydrogen-bond acceptors (Lipinski definition) is 2. The fourth-order valence-electron chi connectivity index (χ4n) is 1.23. The van der Waals surface area contributed by atoms with Crippen LogP contribution >= 0.6 is 11.6 Å². The first-order valence-corrected chi connectivity index (χ1v) is 3.94. The van der Waals surface area contributed by atoms with E-state index < -0.39 is 0 Å². The molecule has 4 heteroatoms. The molecule has 0 spiro atoms. The second-order valence-corrected chi connectivity index (χ2v) is 3.01. The monoisotopic (exact) mass is 181 g/mol. The van der Waals surface area contributed by atoms with Crippen LogP contribution in [0.3, 0.4) is 0 Å². The number of anilines is 1. The predicted octanol–water partition coefficient (Wildman–Crippen LogP) is 1.81. The molecule has 2 aromatic rings. The maximum Gasteiger partial charge on any atom is 0.136 e. The van der Waals surface area contributed by atoms with E-state index in [9.17, 15) is 0 Å². The molecule has 12 heavy (non-hydrogen) atoms. The number of halogens is 1. The molecule has 0 atom stereocenters. The summed E-state index contributed by atoms with van der Waals surface area (Å²) in [5.74, 6) is 0. The number of nitrogens with zero attached hydrogens (tertiary/aromatic N) is 2. The van der Waals surface area contributed by atoms with E-state index >= 15 is 0 Å². The van der Waals surface area contributed by atoms with Gasteiger partial charge in [0.25, 0.3) is 0 Å². The van der Waals surface area contributed by atoms with Crippen molar-refractivity contribution in [3.63, 3.8) is 0 Å². The summed E-state index contributed by atoms with van der Waals surface area (Å²) in [6.45, 7) is 0. The largest absolute Gasteiger partial charge is 0.398 e. The van der Waals surface area contributed by atoms with Gasteiger partial charge in [-0.1, -0.05) is 17.7 Å². The molecule has 0 saturated heterocycles. The molecule has 0 amide bonds. The number of fused-ring (bicyclic) bond motifs is 1. The van der Waals surface area contributed by atoms with Crippen molar-refractivity contribution in [2.75, 3.05) is 5.73 Å².